The number of aliphatic carboxylic acids is 1. The maximum atomic E-state index is 11.4. The normalized spacial score (nSPS) is 9.65. The molecule has 0 spiro atoms. The van der Waals surface area contributed by atoms with E-state index in [9.17, 15) is 19.7 Å². The largest absolute Gasteiger partial charge is 0.495 e. The molecule has 1 aromatic carbocycles. The van der Waals surface area contributed by atoms with Gasteiger partial charge in [-0.05, 0) is 6.07 Å². The lowest BCUT2D eigenvalue weighted by Gasteiger charge is -2.10. The zero-order valence-electron chi connectivity index (χ0n) is 10.3. The van der Waals surface area contributed by atoms with Crippen molar-refractivity contribution in [2.45, 2.75) is 0 Å². The van der Waals surface area contributed by atoms with Gasteiger partial charge in [-0.25, -0.2) is 15.1 Å². The van der Waals surface area contributed by atoms with Crippen LogP contribution >= 0.6 is 0 Å². The van der Waals surface area contributed by atoms with Crippen LogP contribution in [0.25, 0.3) is 0 Å². The Morgan fingerprint density at radius 1 is 1.45 bits per heavy atom. The van der Waals surface area contributed by atoms with Gasteiger partial charge >= 0.3 is 12.0 Å². The predicted octanol–water partition coefficient (Wildman–Crippen LogP) is 0.741. The van der Waals surface area contributed by atoms with Gasteiger partial charge in [0.25, 0.3) is 5.69 Å². The van der Waals surface area contributed by atoms with Crippen molar-refractivity contribution in [3.05, 3.63) is 28.3 Å². The average molecular weight is 285 g/mol. The summed E-state index contributed by atoms with van der Waals surface area (Å²) in [6.07, 6.45) is 0. The number of nitro benzene ring substituents is 1. The van der Waals surface area contributed by atoms with Gasteiger partial charge in [0.1, 0.15) is 5.75 Å². The summed E-state index contributed by atoms with van der Waals surface area (Å²) in [7, 11) is 1.32. The Morgan fingerprint density at radius 3 is 2.70 bits per heavy atom. The van der Waals surface area contributed by atoms with E-state index in [0.29, 0.717) is 0 Å². The lowest BCUT2D eigenvalue weighted by Crippen LogP contribution is -2.31. The first-order valence-corrected chi connectivity index (χ1v) is 5.17. The van der Waals surface area contributed by atoms with Crippen molar-refractivity contribution in [2.75, 3.05) is 19.0 Å². The molecule has 0 saturated carbocycles. The van der Waals surface area contributed by atoms with Crippen molar-refractivity contribution in [3.8, 4) is 5.75 Å². The maximum absolute atomic E-state index is 11.4. The van der Waals surface area contributed by atoms with E-state index in [-0.39, 0.29) is 17.1 Å². The molecular formula is C10H11N3O7. The predicted molar refractivity (Wildman–Crippen MR) is 65.4 cm³/mol. The molecule has 20 heavy (non-hydrogen) atoms. The summed E-state index contributed by atoms with van der Waals surface area (Å²) in [5.74, 6) is -1.07. The molecule has 0 aliphatic rings. The smallest absolute Gasteiger partial charge is 0.343 e. The van der Waals surface area contributed by atoms with Crippen LogP contribution in [0.4, 0.5) is 16.2 Å². The number of non-ortho nitro benzene ring substituents is 1. The molecule has 0 radical (unpaired) electrons. The fourth-order valence-electron chi connectivity index (χ4n) is 1.22. The quantitative estimate of drug-likeness (QED) is 0.517. The molecule has 3 N–H and O–H groups in total. The van der Waals surface area contributed by atoms with Gasteiger partial charge in [-0.2, -0.15) is 0 Å². The van der Waals surface area contributed by atoms with Gasteiger partial charge < -0.3 is 15.2 Å². The van der Waals surface area contributed by atoms with Gasteiger partial charge in [0.05, 0.1) is 17.7 Å². The molecular weight excluding hydrogens is 274 g/mol. The summed E-state index contributed by atoms with van der Waals surface area (Å²) in [6, 6.07) is 2.72. The van der Waals surface area contributed by atoms with Crippen LogP contribution in [0, 0.1) is 10.1 Å². The van der Waals surface area contributed by atoms with Gasteiger partial charge in [-0.1, -0.05) is 0 Å². The summed E-state index contributed by atoms with van der Waals surface area (Å²) in [5.41, 5.74) is 1.60. The summed E-state index contributed by atoms with van der Waals surface area (Å²) >= 11 is 0. The number of methoxy groups -OCH3 is 1. The molecule has 0 aliphatic carbocycles. The highest BCUT2D eigenvalue weighted by Gasteiger charge is 2.13. The third-order valence-corrected chi connectivity index (χ3v) is 2.00. The fourth-order valence-corrected chi connectivity index (χ4v) is 1.22. The molecule has 0 aromatic heterocycles. The fraction of sp³-hybridized carbons (Fsp3) is 0.200. The minimum atomic E-state index is -1.27. The Labute approximate surface area is 112 Å². The molecule has 10 nitrogen and oxygen atoms in total. The molecule has 10 heteroatoms. The highest BCUT2D eigenvalue weighted by molar-refractivity contribution is 5.90. The Kier molecular flexibility index (Phi) is 5.23. The zero-order chi connectivity index (χ0) is 15.1. The van der Waals surface area contributed by atoms with Crippen LogP contribution in [0.3, 0.4) is 0 Å². The number of carbonyl (C=O) groups excluding carboxylic acids is 1. The van der Waals surface area contributed by atoms with E-state index in [1.807, 2.05) is 0 Å². The van der Waals surface area contributed by atoms with Crippen LogP contribution in [0.5, 0.6) is 5.75 Å². The number of benzene rings is 1. The number of carboxylic acids is 1. The van der Waals surface area contributed by atoms with Crippen LogP contribution in [-0.4, -0.2) is 35.7 Å². The third kappa shape index (κ3) is 4.42. The van der Waals surface area contributed by atoms with Crippen LogP contribution in [-0.2, 0) is 9.63 Å². The Hall–Kier alpha value is -2.88. The molecule has 0 unspecified atom stereocenters. The molecule has 0 aliphatic heterocycles. The van der Waals surface area contributed by atoms with E-state index in [0.717, 1.165) is 6.07 Å². The monoisotopic (exact) mass is 285 g/mol. The Bertz CT molecular complexity index is 532. The van der Waals surface area contributed by atoms with Gasteiger partial charge in [0, 0.05) is 12.1 Å². The number of nitrogens with zero attached hydrogens (tertiary/aromatic N) is 1. The molecule has 0 heterocycles. The number of urea groups is 1. The van der Waals surface area contributed by atoms with E-state index in [4.69, 9.17) is 9.84 Å². The number of hydrogen-bond acceptors (Lipinski definition) is 6. The van der Waals surface area contributed by atoms with Crippen LogP contribution in [0.1, 0.15) is 0 Å². The van der Waals surface area contributed by atoms with E-state index in [2.05, 4.69) is 10.2 Å². The highest BCUT2D eigenvalue weighted by atomic mass is 16.7. The Morgan fingerprint density at radius 2 is 2.15 bits per heavy atom. The summed E-state index contributed by atoms with van der Waals surface area (Å²) in [5, 5.41) is 21.2. The summed E-state index contributed by atoms with van der Waals surface area (Å²) < 4.78 is 4.92. The molecule has 1 rings (SSSR count). The molecule has 108 valence electrons. The number of rotatable bonds is 6. The molecule has 0 bridgehead atoms. The van der Waals surface area contributed by atoms with Crippen molar-refractivity contribution >= 4 is 23.4 Å². The first-order valence-electron chi connectivity index (χ1n) is 5.17. The minimum absolute atomic E-state index is 0.0399. The minimum Gasteiger partial charge on any atom is -0.495 e. The third-order valence-electron chi connectivity index (χ3n) is 2.00. The summed E-state index contributed by atoms with van der Waals surface area (Å²) in [6.45, 7) is -0.723. The number of hydrogen-bond donors (Lipinski definition) is 3. The van der Waals surface area contributed by atoms with Gasteiger partial charge in [-0.15, -0.1) is 0 Å². The topological polar surface area (TPSA) is 140 Å². The van der Waals surface area contributed by atoms with Crippen molar-refractivity contribution in [3.63, 3.8) is 0 Å². The number of nitro groups is 1. The lowest BCUT2D eigenvalue weighted by molar-refractivity contribution is -0.384. The van der Waals surface area contributed by atoms with Crippen molar-refractivity contribution in [1.82, 2.24) is 5.48 Å². The second-order valence-electron chi connectivity index (χ2n) is 3.38. The molecule has 0 saturated heterocycles. The molecule has 1 aromatic rings. The van der Waals surface area contributed by atoms with Crippen molar-refractivity contribution in [2.24, 2.45) is 0 Å². The Balaban J connectivity index is 2.74. The second-order valence-corrected chi connectivity index (χ2v) is 3.38. The van der Waals surface area contributed by atoms with E-state index < -0.39 is 23.5 Å². The van der Waals surface area contributed by atoms with Crippen LogP contribution in [0.15, 0.2) is 18.2 Å². The number of anilines is 1. The SMILES string of the molecule is COc1ccc([N+](=O)[O-])cc1NC(=O)NOCC(=O)O. The van der Waals surface area contributed by atoms with Gasteiger partial charge in [0.15, 0.2) is 6.61 Å². The van der Waals surface area contributed by atoms with Crippen LogP contribution < -0.4 is 15.5 Å². The zero-order valence-corrected chi connectivity index (χ0v) is 10.3. The number of carboxylic acid groups (broad SMARTS) is 1. The first kappa shape index (κ1) is 15.2. The summed E-state index contributed by atoms with van der Waals surface area (Å²) in [4.78, 5) is 35.9. The van der Waals surface area contributed by atoms with Crippen molar-refractivity contribution < 1.29 is 29.2 Å². The second kappa shape index (κ2) is 6.89. The highest BCUT2D eigenvalue weighted by Crippen LogP contribution is 2.28. The van der Waals surface area contributed by atoms with Gasteiger partial charge in [-0.3, -0.25) is 15.0 Å². The van der Waals surface area contributed by atoms with Gasteiger partial charge in [0.2, 0.25) is 0 Å². The number of carbonyl (C=O) groups is 2. The number of amides is 2. The van der Waals surface area contributed by atoms with E-state index >= 15 is 0 Å². The molecule has 0 atom stereocenters. The first-order chi connectivity index (χ1) is 9.43. The maximum Gasteiger partial charge on any atom is 0.343 e. The van der Waals surface area contributed by atoms with Crippen molar-refractivity contribution in [1.29, 1.82) is 0 Å². The molecule has 0 fully saturated rings. The molecule has 2 amide bonds. The van der Waals surface area contributed by atoms with E-state index in [1.165, 1.54) is 19.2 Å². The van der Waals surface area contributed by atoms with E-state index in [1.54, 1.807) is 5.48 Å². The van der Waals surface area contributed by atoms with Crippen LogP contribution in [0.2, 0.25) is 0 Å². The standard InChI is InChI=1S/C10H11N3O7/c1-19-8-3-2-6(13(17)18)4-7(8)11-10(16)12-20-5-9(14)15/h2-4H,5H2,1H3,(H,14,15)(H2,11,12,16). The average Bonchev–Trinajstić information content (AvgIpc) is 2.38. The number of nitrogens with one attached hydrogen (secondary N) is 2. The number of ether oxygens (including phenoxy) is 1. The lowest BCUT2D eigenvalue weighted by atomic mass is 10.2. The number of hydroxylamine groups is 1.